The lowest BCUT2D eigenvalue weighted by atomic mass is 9.73. The Bertz CT molecular complexity index is 1170. The molecule has 3 aliphatic rings. The zero-order valence-electron chi connectivity index (χ0n) is 23.6. The van der Waals surface area contributed by atoms with E-state index in [1.165, 1.54) is 17.7 Å². The second kappa shape index (κ2) is 12.7. The maximum absolute atomic E-state index is 14.1. The largest absolute Gasteiger partial charge is 0.491 e. The molecule has 1 atom stereocenters. The monoisotopic (exact) mass is 551 g/mol. The summed E-state index contributed by atoms with van der Waals surface area (Å²) >= 11 is 0. The molecule has 216 valence electrons. The highest BCUT2D eigenvalue weighted by molar-refractivity contribution is 5.87. The second-order valence-corrected chi connectivity index (χ2v) is 11.7. The fourth-order valence-electron chi connectivity index (χ4n) is 6.54. The number of hydrogen-bond acceptors (Lipinski definition) is 5. The summed E-state index contributed by atoms with van der Waals surface area (Å²) in [6.07, 6.45) is 6.53. The number of nitrogens with zero attached hydrogens (tertiary/aromatic N) is 2. The van der Waals surface area contributed by atoms with Crippen molar-refractivity contribution < 1.29 is 23.5 Å². The van der Waals surface area contributed by atoms with Crippen LogP contribution in [0.2, 0.25) is 0 Å². The Morgan fingerprint density at radius 3 is 2.52 bits per heavy atom. The number of fused-ring (bicyclic) bond motifs is 1. The molecule has 7 nitrogen and oxygen atoms in total. The number of piperidine rings is 1. The minimum absolute atomic E-state index is 0.0329. The Morgan fingerprint density at radius 2 is 1.75 bits per heavy atom. The van der Waals surface area contributed by atoms with E-state index in [0.717, 1.165) is 50.0 Å². The van der Waals surface area contributed by atoms with E-state index >= 15 is 0 Å². The van der Waals surface area contributed by atoms with Gasteiger partial charge in [-0.3, -0.25) is 9.59 Å². The molecule has 2 fully saturated rings. The SMILES string of the molecule is CN1CCOC(Cc2ccc(F)cc2)(C(=O)N2CCC3(CCCCCc4ccccc4OCCNC3=O)CC2)C1. The molecule has 1 spiro atoms. The third-order valence-electron chi connectivity index (χ3n) is 8.88. The van der Waals surface area contributed by atoms with Gasteiger partial charge in [0.25, 0.3) is 5.91 Å². The third-order valence-corrected chi connectivity index (χ3v) is 8.88. The lowest BCUT2D eigenvalue weighted by Gasteiger charge is -2.46. The topological polar surface area (TPSA) is 71.1 Å². The van der Waals surface area contributed by atoms with E-state index in [0.29, 0.717) is 58.7 Å². The van der Waals surface area contributed by atoms with E-state index in [4.69, 9.17) is 9.47 Å². The predicted molar refractivity (Wildman–Crippen MR) is 152 cm³/mol. The van der Waals surface area contributed by atoms with E-state index < -0.39 is 11.0 Å². The van der Waals surface area contributed by atoms with Crippen molar-refractivity contribution >= 4 is 11.8 Å². The van der Waals surface area contributed by atoms with Gasteiger partial charge in [-0.05, 0) is 68.5 Å². The van der Waals surface area contributed by atoms with Gasteiger partial charge < -0.3 is 24.6 Å². The molecule has 0 saturated carbocycles. The first-order valence-electron chi connectivity index (χ1n) is 14.7. The van der Waals surface area contributed by atoms with Crippen LogP contribution < -0.4 is 10.1 Å². The molecular weight excluding hydrogens is 509 g/mol. The average molecular weight is 552 g/mol. The number of amides is 2. The predicted octanol–water partition coefficient (Wildman–Crippen LogP) is 3.99. The molecule has 5 rings (SSSR count). The molecule has 2 aromatic carbocycles. The van der Waals surface area contributed by atoms with Crippen LogP contribution in [0.1, 0.15) is 49.7 Å². The van der Waals surface area contributed by atoms with Crippen molar-refractivity contribution in [1.29, 1.82) is 0 Å². The normalized spacial score (nSPS) is 24.6. The van der Waals surface area contributed by atoms with Crippen LogP contribution in [-0.2, 0) is 27.2 Å². The standard InChI is InChI=1S/C32H42FN3O4/c1-35-20-22-40-32(24-35,23-25-10-12-27(33)13-11-25)30(38)36-18-15-31(16-19-36)14-6-2-3-7-26-8-4-5-9-28(26)39-21-17-34-29(31)37/h4-5,8-13H,2-3,6-7,14-24H2,1H3,(H,34,37). The van der Waals surface area contributed by atoms with Gasteiger partial charge >= 0.3 is 0 Å². The maximum Gasteiger partial charge on any atom is 0.256 e. The van der Waals surface area contributed by atoms with Crippen LogP contribution in [0.5, 0.6) is 5.75 Å². The van der Waals surface area contributed by atoms with Crippen molar-refractivity contribution in [3.63, 3.8) is 0 Å². The minimum atomic E-state index is -1.02. The van der Waals surface area contributed by atoms with Crippen molar-refractivity contribution in [2.75, 3.05) is 53.0 Å². The first-order chi connectivity index (χ1) is 19.4. The number of rotatable bonds is 3. The van der Waals surface area contributed by atoms with Gasteiger partial charge in [0.2, 0.25) is 5.91 Å². The van der Waals surface area contributed by atoms with Gasteiger partial charge in [0, 0.05) is 32.6 Å². The molecular formula is C32H42FN3O4. The van der Waals surface area contributed by atoms with Crippen LogP contribution in [0.3, 0.4) is 0 Å². The molecule has 8 heteroatoms. The third kappa shape index (κ3) is 6.50. The Hall–Kier alpha value is -2.97. The molecule has 0 aliphatic carbocycles. The van der Waals surface area contributed by atoms with Crippen LogP contribution in [0, 0.1) is 11.2 Å². The number of nitrogens with one attached hydrogen (secondary N) is 1. The van der Waals surface area contributed by atoms with Crippen LogP contribution in [0.15, 0.2) is 48.5 Å². The minimum Gasteiger partial charge on any atom is -0.491 e. The van der Waals surface area contributed by atoms with Gasteiger partial charge in [-0.25, -0.2) is 4.39 Å². The Morgan fingerprint density at radius 1 is 0.975 bits per heavy atom. The first-order valence-corrected chi connectivity index (χ1v) is 14.7. The number of halogens is 1. The summed E-state index contributed by atoms with van der Waals surface area (Å²) in [7, 11) is 2.00. The highest BCUT2D eigenvalue weighted by Gasteiger charge is 2.48. The van der Waals surface area contributed by atoms with Crippen molar-refractivity contribution in [1.82, 2.24) is 15.1 Å². The van der Waals surface area contributed by atoms with Gasteiger partial charge in [0.1, 0.15) is 18.2 Å². The van der Waals surface area contributed by atoms with Crippen LogP contribution in [-0.4, -0.2) is 80.2 Å². The van der Waals surface area contributed by atoms with Crippen molar-refractivity contribution in [2.45, 2.75) is 57.0 Å². The number of aryl methyl sites for hydroxylation is 1. The number of carbonyl (C=O) groups excluding carboxylic acids is 2. The Labute approximate surface area is 237 Å². The molecule has 40 heavy (non-hydrogen) atoms. The summed E-state index contributed by atoms with van der Waals surface area (Å²) < 4.78 is 25.8. The van der Waals surface area contributed by atoms with Crippen molar-refractivity contribution in [3.05, 3.63) is 65.5 Å². The first kappa shape index (κ1) is 28.6. The van der Waals surface area contributed by atoms with Crippen molar-refractivity contribution in [3.8, 4) is 5.75 Å². The summed E-state index contributed by atoms with van der Waals surface area (Å²) in [6.45, 7) is 3.64. The number of carbonyl (C=O) groups is 2. The van der Waals surface area contributed by atoms with E-state index in [1.807, 2.05) is 30.1 Å². The molecule has 1 unspecified atom stereocenters. The zero-order valence-corrected chi connectivity index (χ0v) is 23.6. The molecule has 0 bridgehead atoms. The van der Waals surface area contributed by atoms with E-state index in [1.54, 1.807) is 12.1 Å². The number of ether oxygens (including phenoxy) is 2. The van der Waals surface area contributed by atoms with E-state index in [2.05, 4.69) is 16.3 Å². The summed E-state index contributed by atoms with van der Waals surface area (Å²) in [5.74, 6) is 0.650. The molecule has 0 aromatic heterocycles. The molecule has 0 radical (unpaired) electrons. The summed E-state index contributed by atoms with van der Waals surface area (Å²) in [4.78, 5) is 31.7. The Balaban J connectivity index is 1.26. The number of morpholine rings is 1. The van der Waals surface area contributed by atoms with E-state index in [9.17, 15) is 14.0 Å². The number of hydrogen-bond donors (Lipinski definition) is 1. The van der Waals surface area contributed by atoms with Crippen LogP contribution in [0.4, 0.5) is 4.39 Å². The highest BCUT2D eigenvalue weighted by Crippen LogP contribution is 2.39. The van der Waals surface area contributed by atoms with Gasteiger partial charge in [-0.1, -0.05) is 43.2 Å². The zero-order chi connectivity index (χ0) is 28.0. The molecule has 1 N–H and O–H groups in total. The molecule has 2 aromatic rings. The maximum atomic E-state index is 14.1. The lowest BCUT2D eigenvalue weighted by molar-refractivity contribution is -0.172. The quantitative estimate of drug-likeness (QED) is 0.625. The van der Waals surface area contributed by atoms with Gasteiger partial charge in [0.15, 0.2) is 5.60 Å². The van der Waals surface area contributed by atoms with Crippen LogP contribution in [0.25, 0.3) is 0 Å². The van der Waals surface area contributed by atoms with Crippen LogP contribution >= 0.6 is 0 Å². The average Bonchev–Trinajstić information content (AvgIpc) is 2.97. The molecule has 3 aliphatic heterocycles. The van der Waals surface area contributed by atoms with Crippen molar-refractivity contribution in [2.24, 2.45) is 5.41 Å². The fraction of sp³-hybridized carbons (Fsp3) is 0.562. The number of para-hydroxylation sites is 1. The smallest absolute Gasteiger partial charge is 0.256 e. The summed E-state index contributed by atoms with van der Waals surface area (Å²) in [6, 6.07) is 14.5. The van der Waals surface area contributed by atoms with E-state index in [-0.39, 0.29) is 17.6 Å². The Kier molecular flexibility index (Phi) is 9.06. The summed E-state index contributed by atoms with van der Waals surface area (Å²) in [5, 5.41) is 3.14. The fourth-order valence-corrected chi connectivity index (χ4v) is 6.54. The number of likely N-dealkylation sites (tertiary alicyclic amines) is 1. The number of benzene rings is 2. The molecule has 2 saturated heterocycles. The molecule has 2 amide bonds. The van der Waals surface area contributed by atoms with Gasteiger partial charge in [-0.15, -0.1) is 0 Å². The lowest BCUT2D eigenvalue weighted by Crippen LogP contribution is -2.63. The van der Waals surface area contributed by atoms with Gasteiger partial charge in [-0.2, -0.15) is 0 Å². The summed E-state index contributed by atoms with van der Waals surface area (Å²) in [5.41, 5.74) is 0.595. The van der Waals surface area contributed by atoms with Gasteiger partial charge in [0.05, 0.1) is 18.6 Å². The molecule has 3 heterocycles. The highest BCUT2D eigenvalue weighted by atomic mass is 19.1. The second-order valence-electron chi connectivity index (χ2n) is 11.7. The number of likely N-dealkylation sites (N-methyl/N-ethyl adjacent to an activating group) is 1.